The molecule has 4 heteroatoms. The van der Waals surface area contributed by atoms with Crippen LogP contribution in [0.25, 0.3) is 0 Å². The molecule has 4 nitrogen and oxygen atoms in total. The molecule has 1 heterocycles. The molecule has 0 aliphatic carbocycles. The first-order chi connectivity index (χ1) is 7.04. The van der Waals surface area contributed by atoms with Gasteiger partial charge in [-0.3, -0.25) is 4.79 Å². The molecule has 82 valence electrons. The Labute approximate surface area is 89.3 Å². The molecule has 0 aromatic carbocycles. The maximum atomic E-state index is 11.4. The summed E-state index contributed by atoms with van der Waals surface area (Å²) in [7, 11) is 0. The van der Waals surface area contributed by atoms with E-state index < -0.39 is 11.5 Å². The lowest BCUT2D eigenvalue weighted by molar-refractivity contribution is -0.161. The van der Waals surface area contributed by atoms with Crippen LogP contribution in [0.15, 0.2) is 0 Å². The number of rotatable bonds is 2. The number of hydrogen-bond donors (Lipinski definition) is 1. The van der Waals surface area contributed by atoms with Crippen LogP contribution in [0.3, 0.4) is 0 Å². The first-order valence-electron chi connectivity index (χ1n) is 4.99. The van der Waals surface area contributed by atoms with Crippen LogP contribution in [0.2, 0.25) is 0 Å². The number of aliphatic carboxylic acids is 1. The third-order valence-electron chi connectivity index (χ3n) is 2.91. The van der Waals surface area contributed by atoms with Gasteiger partial charge in [-0.05, 0) is 19.3 Å². The maximum Gasteiger partial charge on any atom is 0.330 e. The fourth-order valence-electron chi connectivity index (χ4n) is 2.15. The van der Waals surface area contributed by atoms with Gasteiger partial charge in [0.1, 0.15) is 0 Å². The largest absolute Gasteiger partial charge is 0.479 e. The summed E-state index contributed by atoms with van der Waals surface area (Å²) >= 11 is 0. The Morgan fingerprint density at radius 1 is 1.53 bits per heavy atom. The van der Waals surface area contributed by atoms with Gasteiger partial charge in [-0.1, -0.05) is 0 Å². The Morgan fingerprint density at radius 3 is 2.67 bits per heavy atom. The predicted molar refractivity (Wildman–Crippen MR) is 55.1 cm³/mol. The summed E-state index contributed by atoms with van der Waals surface area (Å²) in [4.78, 5) is 24.1. The molecule has 1 rings (SSSR count). The molecule has 1 N–H and O–H groups in total. The van der Waals surface area contributed by atoms with Crippen molar-refractivity contribution in [1.29, 1.82) is 0 Å². The predicted octanol–water partition coefficient (Wildman–Crippen LogP) is 0.865. The van der Waals surface area contributed by atoms with Crippen molar-refractivity contribution in [2.75, 3.05) is 6.54 Å². The van der Waals surface area contributed by atoms with Crippen molar-refractivity contribution in [2.24, 2.45) is 0 Å². The number of carboxylic acids is 1. The Morgan fingerprint density at radius 2 is 2.20 bits per heavy atom. The summed E-state index contributed by atoms with van der Waals surface area (Å²) in [5.74, 6) is 1.16. The van der Waals surface area contributed by atoms with Gasteiger partial charge in [-0.25, -0.2) is 4.79 Å². The van der Waals surface area contributed by atoms with Crippen LogP contribution in [-0.2, 0) is 9.59 Å². The highest BCUT2D eigenvalue weighted by Crippen LogP contribution is 2.31. The van der Waals surface area contributed by atoms with Crippen LogP contribution in [0.1, 0.15) is 32.6 Å². The molecular formula is C11H15NO3. The number of terminal acetylenes is 1. The summed E-state index contributed by atoms with van der Waals surface area (Å²) < 4.78 is 0. The van der Waals surface area contributed by atoms with Crippen LogP contribution in [0.5, 0.6) is 0 Å². The van der Waals surface area contributed by atoms with E-state index in [0.717, 1.165) is 12.8 Å². The van der Waals surface area contributed by atoms with E-state index in [4.69, 9.17) is 6.42 Å². The lowest BCUT2D eigenvalue weighted by atomic mass is 9.84. The Hall–Kier alpha value is -1.50. The van der Waals surface area contributed by atoms with E-state index in [9.17, 15) is 14.7 Å². The first kappa shape index (κ1) is 11.6. The molecule has 0 aromatic heterocycles. The average molecular weight is 209 g/mol. The van der Waals surface area contributed by atoms with Gasteiger partial charge in [0.05, 0.1) is 0 Å². The smallest absolute Gasteiger partial charge is 0.330 e. The SMILES string of the molecule is C#CCC1(C(=O)O)CCCCN1C(C)=O. The van der Waals surface area contributed by atoms with E-state index in [-0.39, 0.29) is 12.3 Å². The molecule has 1 saturated heterocycles. The molecule has 0 aromatic rings. The number of carbonyl (C=O) groups excluding carboxylic acids is 1. The summed E-state index contributed by atoms with van der Waals surface area (Å²) in [6.07, 6.45) is 7.38. The Kier molecular flexibility index (Phi) is 3.35. The van der Waals surface area contributed by atoms with Crippen LogP contribution in [0.4, 0.5) is 0 Å². The van der Waals surface area contributed by atoms with Gasteiger partial charge in [0, 0.05) is 19.9 Å². The third-order valence-corrected chi connectivity index (χ3v) is 2.91. The van der Waals surface area contributed by atoms with Crippen molar-refractivity contribution in [3.63, 3.8) is 0 Å². The molecule has 15 heavy (non-hydrogen) atoms. The fraction of sp³-hybridized carbons (Fsp3) is 0.636. The summed E-state index contributed by atoms with van der Waals surface area (Å²) in [6.45, 7) is 1.88. The zero-order valence-electron chi connectivity index (χ0n) is 8.82. The van der Waals surface area contributed by atoms with Gasteiger partial charge in [0.15, 0.2) is 5.54 Å². The van der Waals surface area contributed by atoms with E-state index in [1.165, 1.54) is 11.8 Å². The summed E-state index contributed by atoms with van der Waals surface area (Å²) in [5, 5.41) is 9.25. The van der Waals surface area contributed by atoms with Crippen LogP contribution < -0.4 is 0 Å². The summed E-state index contributed by atoms with van der Waals surface area (Å²) in [6, 6.07) is 0. The highest BCUT2D eigenvalue weighted by Gasteiger charge is 2.46. The van der Waals surface area contributed by atoms with Crippen molar-refractivity contribution < 1.29 is 14.7 Å². The lowest BCUT2D eigenvalue weighted by Gasteiger charge is -2.42. The zero-order valence-corrected chi connectivity index (χ0v) is 8.82. The lowest BCUT2D eigenvalue weighted by Crippen LogP contribution is -2.58. The van der Waals surface area contributed by atoms with E-state index in [2.05, 4.69) is 5.92 Å². The average Bonchev–Trinajstić information content (AvgIpc) is 2.18. The number of carboxylic acid groups (broad SMARTS) is 1. The van der Waals surface area contributed by atoms with E-state index >= 15 is 0 Å². The molecular weight excluding hydrogens is 194 g/mol. The highest BCUT2D eigenvalue weighted by atomic mass is 16.4. The molecule has 1 aliphatic rings. The minimum absolute atomic E-state index is 0.0852. The third kappa shape index (κ3) is 1.96. The number of likely N-dealkylation sites (tertiary alicyclic amines) is 1. The molecule has 0 radical (unpaired) electrons. The maximum absolute atomic E-state index is 11.4. The van der Waals surface area contributed by atoms with E-state index in [0.29, 0.717) is 13.0 Å². The number of piperidine rings is 1. The number of hydrogen-bond acceptors (Lipinski definition) is 2. The quantitative estimate of drug-likeness (QED) is 0.686. The molecule has 0 spiro atoms. The minimum atomic E-state index is -1.17. The molecule has 1 amide bonds. The zero-order chi connectivity index (χ0) is 11.5. The first-order valence-corrected chi connectivity index (χ1v) is 4.99. The molecule has 0 bridgehead atoms. The van der Waals surface area contributed by atoms with Gasteiger partial charge in [0.25, 0.3) is 0 Å². The van der Waals surface area contributed by atoms with Gasteiger partial charge < -0.3 is 10.0 Å². The Bertz CT molecular complexity index is 318. The number of nitrogens with zero attached hydrogens (tertiary/aromatic N) is 1. The second-order valence-electron chi connectivity index (χ2n) is 3.85. The molecule has 1 fully saturated rings. The van der Waals surface area contributed by atoms with Crippen molar-refractivity contribution in [2.45, 2.75) is 38.1 Å². The van der Waals surface area contributed by atoms with Gasteiger partial charge in [0.2, 0.25) is 5.91 Å². The summed E-state index contributed by atoms with van der Waals surface area (Å²) in [5.41, 5.74) is -1.17. The van der Waals surface area contributed by atoms with Crippen molar-refractivity contribution in [3.8, 4) is 12.3 Å². The highest BCUT2D eigenvalue weighted by molar-refractivity contribution is 5.86. The second-order valence-corrected chi connectivity index (χ2v) is 3.85. The molecule has 0 saturated carbocycles. The van der Waals surface area contributed by atoms with Crippen LogP contribution in [-0.4, -0.2) is 34.0 Å². The standard InChI is InChI=1S/C11H15NO3/c1-3-6-11(10(14)15)7-4-5-8-12(11)9(2)13/h1H,4-8H2,2H3,(H,14,15). The number of amides is 1. The van der Waals surface area contributed by atoms with Crippen molar-refractivity contribution in [3.05, 3.63) is 0 Å². The van der Waals surface area contributed by atoms with Crippen LogP contribution >= 0.6 is 0 Å². The second kappa shape index (κ2) is 4.35. The normalized spacial score (nSPS) is 25.7. The van der Waals surface area contributed by atoms with Crippen molar-refractivity contribution >= 4 is 11.9 Å². The fourth-order valence-corrected chi connectivity index (χ4v) is 2.15. The van der Waals surface area contributed by atoms with Crippen molar-refractivity contribution in [1.82, 2.24) is 4.90 Å². The molecule has 1 unspecified atom stereocenters. The molecule has 1 aliphatic heterocycles. The Balaban J connectivity index is 3.05. The topological polar surface area (TPSA) is 57.6 Å². The van der Waals surface area contributed by atoms with Gasteiger partial charge in [-0.2, -0.15) is 0 Å². The monoisotopic (exact) mass is 209 g/mol. The minimum Gasteiger partial charge on any atom is -0.479 e. The van der Waals surface area contributed by atoms with Gasteiger partial charge >= 0.3 is 5.97 Å². The number of carbonyl (C=O) groups is 2. The van der Waals surface area contributed by atoms with Crippen LogP contribution in [0, 0.1) is 12.3 Å². The molecule has 1 atom stereocenters. The van der Waals surface area contributed by atoms with Gasteiger partial charge in [-0.15, -0.1) is 12.3 Å². The van der Waals surface area contributed by atoms with E-state index in [1.807, 2.05) is 0 Å². The van der Waals surface area contributed by atoms with E-state index in [1.54, 1.807) is 0 Å².